The van der Waals surface area contributed by atoms with Crippen LogP contribution in [0.25, 0.3) is 0 Å². The lowest BCUT2D eigenvalue weighted by Crippen LogP contribution is -2.26. The number of hydrogen-bond acceptors (Lipinski definition) is 3. The van der Waals surface area contributed by atoms with Gasteiger partial charge in [0.25, 0.3) is 0 Å². The van der Waals surface area contributed by atoms with E-state index in [0.717, 1.165) is 5.56 Å². The fourth-order valence-corrected chi connectivity index (χ4v) is 2.45. The van der Waals surface area contributed by atoms with Gasteiger partial charge in [-0.25, -0.2) is 0 Å². The van der Waals surface area contributed by atoms with Crippen molar-refractivity contribution in [3.05, 3.63) is 23.7 Å². The predicted molar refractivity (Wildman–Crippen MR) is 57.1 cm³/mol. The maximum atomic E-state index is 11.5. The van der Waals surface area contributed by atoms with Crippen LogP contribution in [0, 0.1) is 5.41 Å². The Hall–Kier alpha value is -1.29. The molecule has 4 nitrogen and oxygen atoms in total. The van der Waals surface area contributed by atoms with Gasteiger partial charge >= 0.3 is 5.97 Å². The Morgan fingerprint density at radius 2 is 2.25 bits per heavy atom. The first kappa shape index (κ1) is 11.2. The van der Waals surface area contributed by atoms with Crippen molar-refractivity contribution >= 4 is 5.97 Å². The molecule has 1 aliphatic rings. The molecule has 0 radical (unpaired) electrons. The van der Waals surface area contributed by atoms with E-state index in [1.54, 1.807) is 13.2 Å². The molecule has 1 aromatic heterocycles. The number of carboxylic acid groups (broad SMARTS) is 1. The van der Waals surface area contributed by atoms with Gasteiger partial charge in [-0.2, -0.15) is 0 Å². The summed E-state index contributed by atoms with van der Waals surface area (Å²) in [4.78, 5) is 11.5. The van der Waals surface area contributed by atoms with Gasteiger partial charge in [-0.15, -0.1) is 0 Å². The zero-order valence-corrected chi connectivity index (χ0v) is 9.74. The van der Waals surface area contributed by atoms with Crippen LogP contribution >= 0.6 is 0 Å². The van der Waals surface area contributed by atoms with Crippen molar-refractivity contribution in [3.63, 3.8) is 0 Å². The lowest BCUT2D eigenvalue weighted by atomic mass is 9.91. The summed E-state index contributed by atoms with van der Waals surface area (Å²) in [7, 11) is 1.59. The molecule has 1 N–H and O–H groups in total. The van der Waals surface area contributed by atoms with E-state index in [9.17, 15) is 9.90 Å². The number of rotatable bonds is 4. The highest BCUT2D eigenvalue weighted by molar-refractivity contribution is 5.86. The molecule has 1 aromatic rings. The highest BCUT2D eigenvalue weighted by atomic mass is 16.5. The molecule has 0 aliphatic heterocycles. The molecule has 88 valence electrons. The Morgan fingerprint density at radius 3 is 2.69 bits per heavy atom. The summed E-state index contributed by atoms with van der Waals surface area (Å²) in [5.41, 5.74) is -0.292. The van der Waals surface area contributed by atoms with Crippen molar-refractivity contribution in [2.45, 2.75) is 32.3 Å². The molecule has 0 amide bonds. The highest BCUT2D eigenvalue weighted by Crippen LogP contribution is 2.65. The first-order valence-electron chi connectivity index (χ1n) is 5.25. The largest absolute Gasteiger partial charge is 0.480 e. The SMILES string of the molecule is COCc1ccoc1C1(C(=O)O)CC1(C)C. The molecule has 0 spiro atoms. The second kappa shape index (κ2) is 3.35. The molecule has 1 unspecified atom stereocenters. The predicted octanol–water partition coefficient (Wildman–Crippen LogP) is 2.18. The molecule has 1 aliphatic carbocycles. The zero-order chi connectivity index (χ0) is 12.0. The van der Waals surface area contributed by atoms with Gasteiger partial charge in [-0.3, -0.25) is 4.79 Å². The third-order valence-electron chi connectivity index (χ3n) is 3.54. The average Bonchev–Trinajstić information content (AvgIpc) is 2.58. The van der Waals surface area contributed by atoms with E-state index in [-0.39, 0.29) is 5.41 Å². The Bertz CT molecular complexity index is 418. The van der Waals surface area contributed by atoms with Gasteiger partial charge in [0.05, 0.1) is 12.9 Å². The van der Waals surface area contributed by atoms with E-state index in [1.165, 1.54) is 6.26 Å². The number of hydrogen-bond donors (Lipinski definition) is 1. The summed E-state index contributed by atoms with van der Waals surface area (Å²) in [5.74, 6) is -0.267. The van der Waals surface area contributed by atoms with Gasteiger partial charge in [0.2, 0.25) is 0 Å². The van der Waals surface area contributed by atoms with E-state index < -0.39 is 11.4 Å². The number of furan rings is 1. The Morgan fingerprint density at radius 1 is 1.62 bits per heavy atom. The van der Waals surface area contributed by atoms with Crippen LogP contribution in [0.15, 0.2) is 16.7 Å². The summed E-state index contributed by atoms with van der Waals surface area (Å²) in [6.45, 7) is 4.28. The van der Waals surface area contributed by atoms with Gasteiger partial charge in [-0.05, 0) is 17.9 Å². The van der Waals surface area contributed by atoms with Crippen LogP contribution in [-0.2, 0) is 21.6 Å². The van der Waals surface area contributed by atoms with E-state index in [1.807, 2.05) is 13.8 Å². The Labute approximate surface area is 94.2 Å². The third-order valence-corrected chi connectivity index (χ3v) is 3.54. The number of carboxylic acids is 1. The summed E-state index contributed by atoms with van der Waals surface area (Å²) >= 11 is 0. The van der Waals surface area contributed by atoms with Crippen LogP contribution in [0.5, 0.6) is 0 Å². The topological polar surface area (TPSA) is 59.7 Å². The molecule has 0 bridgehead atoms. The average molecular weight is 224 g/mol. The van der Waals surface area contributed by atoms with Gasteiger partial charge in [0.1, 0.15) is 11.2 Å². The summed E-state index contributed by atoms with van der Waals surface area (Å²) in [5, 5.41) is 9.40. The lowest BCUT2D eigenvalue weighted by molar-refractivity contribution is -0.141. The second-order valence-corrected chi connectivity index (χ2v) is 4.98. The first-order chi connectivity index (χ1) is 7.45. The van der Waals surface area contributed by atoms with Gasteiger partial charge < -0.3 is 14.3 Å². The molecular formula is C12H16O4. The Kier molecular flexibility index (Phi) is 2.35. The molecular weight excluding hydrogens is 208 g/mol. The van der Waals surface area contributed by atoms with Crippen LogP contribution in [0.1, 0.15) is 31.6 Å². The van der Waals surface area contributed by atoms with Crippen LogP contribution in [0.2, 0.25) is 0 Å². The molecule has 1 heterocycles. The van der Waals surface area contributed by atoms with E-state index in [4.69, 9.17) is 9.15 Å². The summed E-state index contributed by atoms with van der Waals surface area (Å²) in [6, 6.07) is 1.78. The quantitative estimate of drug-likeness (QED) is 0.851. The minimum Gasteiger partial charge on any atom is -0.480 e. The fraction of sp³-hybridized carbons (Fsp3) is 0.583. The monoisotopic (exact) mass is 224 g/mol. The number of ether oxygens (including phenoxy) is 1. The molecule has 16 heavy (non-hydrogen) atoms. The minimum atomic E-state index is -0.871. The van der Waals surface area contributed by atoms with E-state index in [0.29, 0.717) is 18.8 Å². The number of carbonyl (C=O) groups is 1. The van der Waals surface area contributed by atoms with Crippen molar-refractivity contribution in [1.29, 1.82) is 0 Å². The maximum absolute atomic E-state index is 11.5. The molecule has 1 saturated carbocycles. The fourth-order valence-electron chi connectivity index (χ4n) is 2.45. The smallest absolute Gasteiger partial charge is 0.317 e. The molecule has 4 heteroatoms. The van der Waals surface area contributed by atoms with E-state index >= 15 is 0 Å². The number of methoxy groups -OCH3 is 1. The van der Waals surface area contributed by atoms with Crippen molar-refractivity contribution in [3.8, 4) is 0 Å². The molecule has 1 atom stereocenters. The normalized spacial score (nSPS) is 26.7. The molecule has 1 fully saturated rings. The van der Waals surface area contributed by atoms with Gasteiger partial charge in [0, 0.05) is 12.7 Å². The Balaban J connectivity index is 2.43. The minimum absolute atomic E-state index is 0.251. The number of aliphatic carboxylic acids is 1. The van der Waals surface area contributed by atoms with Crippen LogP contribution in [0.4, 0.5) is 0 Å². The third kappa shape index (κ3) is 1.29. The maximum Gasteiger partial charge on any atom is 0.317 e. The van der Waals surface area contributed by atoms with E-state index in [2.05, 4.69) is 0 Å². The van der Waals surface area contributed by atoms with Crippen LogP contribution in [-0.4, -0.2) is 18.2 Å². The highest BCUT2D eigenvalue weighted by Gasteiger charge is 2.70. The van der Waals surface area contributed by atoms with Crippen molar-refractivity contribution in [2.75, 3.05) is 7.11 Å². The van der Waals surface area contributed by atoms with Crippen LogP contribution in [0.3, 0.4) is 0 Å². The molecule has 2 rings (SSSR count). The molecule has 0 saturated heterocycles. The van der Waals surface area contributed by atoms with Crippen molar-refractivity contribution in [2.24, 2.45) is 5.41 Å². The summed E-state index contributed by atoms with van der Waals surface area (Å²) in [6.07, 6.45) is 2.14. The van der Waals surface area contributed by atoms with Crippen molar-refractivity contribution in [1.82, 2.24) is 0 Å². The molecule has 0 aromatic carbocycles. The lowest BCUT2D eigenvalue weighted by Gasteiger charge is -2.14. The summed E-state index contributed by atoms with van der Waals surface area (Å²) < 4.78 is 10.4. The standard InChI is InChI=1S/C12H16O4/c1-11(2)7-12(11,10(13)14)9-8(6-15-3)4-5-16-9/h4-5H,6-7H2,1-3H3,(H,13,14). The second-order valence-electron chi connectivity index (χ2n) is 4.98. The van der Waals surface area contributed by atoms with Crippen LogP contribution < -0.4 is 0 Å². The zero-order valence-electron chi connectivity index (χ0n) is 9.74. The van der Waals surface area contributed by atoms with Gasteiger partial charge in [0.15, 0.2) is 0 Å². The van der Waals surface area contributed by atoms with Gasteiger partial charge in [-0.1, -0.05) is 13.8 Å². The first-order valence-corrected chi connectivity index (χ1v) is 5.25. The van der Waals surface area contributed by atoms with Crippen molar-refractivity contribution < 1.29 is 19.1 Å².